The Morgan fingerprint density at radius 1 is 1.23 bits per heavy atom. The van der Waals surface area contributed by atoms with Crippen LogP contribution in [-0.4, -0.2) is 55.9 Å². The summed E-state index contributed by atoms with van der Waals surface area (Å²) in [6.07, 6.45) is 3.24. The van der Waals surface area contributed by atoms with Crippen LogP contribution in [-0.2, 0) is 14.8 Å². The molecule has 2 atom stereocenters. The summed E-state index contributed by atoms with van der Waals surface area (Å²) < 4.78 is 26.8. The third-order valence-electron chi connectivity index (χ3n) is 4.86. The van der Waals surface area contributed by atoms with Crippen molar-refractivity contribution in [3.05, 3.63) is 34.4 Å². The van der Waals surface area contributed by atoms with Crippen LogP contribution in [0.25, 0.3) is 0 Å². The molecular weight excluding hydrogens is 360 g/mol. The molecule has 3 rings (SSSR count). The van der Waals surface area contributed by atoms with E-state index in [9.17, 15) is 23.3 Å². The van der Waals surface area contributed by atoms with Gasteiger partial charge < -0.3 is 10.2 Å². The highest BCUT2D eigenvalue weighted by molar-refractivity contribution is 7.89. The van der Waals surface area contributed by atoms with Gasteiger partial charge >= 0.3 is 0 Å². The first kappa shape index (κ1) is 18.7. The van der Waals surface area contributed by atoms with Crippen molar-refractivity contribution in [2.45, 2.75) is 42.7 Å². The molecule has 10 heteroatoms. The molecule has 0 aromatic heterocycles. The summed E-state index contributed by atoms with van der Waals surface area (Å²) in [5, 5.41) is 14.1. The molecule has 2 heterocycles. The predicted octanol–water partition coefficient (Wildman–Crippen LogP) is 0.616. The van der Waals surface area contributed by atoms with Gasteiger partial charge in [-0.2, -0.15) is 0 Å². The van der Waals surface area contributed by atoms with Gasteiger partial charge in [0.15, 0.2) is 0 Å². The molecular formula is C16H22N4O5S. The molecule has 2 unspecified atom stereocenters. The van der Waals surface area contributed by atoms with Crippen molar-refractivity contribution in [2.75, 3.05) is 19.6 Å². The summed E-state index contributed by atoms with van der Waals surface area (Å²) >= 11 is 0. The van der Waals surface area contributed by atoms with Crippen LogP contribution in [0.3, 0.4) is 0 Å². The monoisotopic (exact) mass is 382 g/mol. The van der Waals surface area contributed by atoms with Crippen LogP contribution in [0.2, 0.25) is 0 Å². The van der Waals surface area contributed by atoms with Gasteiger partial charge in [-0.1, -0.05) is 0 Å². The molecule has 2 aliphatic rings. The molecule has 0 spiro atoms. The number of non-ortho nitro benzene ring substituents is 1. The minimum Gasteiger partial charge on any atom is -0.341 e. The number of nitrogens with zero attached hydrogens (tertiary/aromatic N) is 2. The first-order valence-electron chi connectivity index (χ1n) is 8.63. The Bertz CT molecular complexity index is 780. The van der Waals surface area contributed by atoms with Crippen molar-refractivity contribution in [1.82, 2.24) is 14.9 Å². The van der Waals surface area contributed by atoms with Crippen LogP contribution in [0.1, 0.15) is 25.7 Å². The Balaban J connectivity index is 1.51. The van der Waals surface area contributed by atoms with Gasteiger partial charge in [-0.3, -0.25) is 14.9 Å². The number of benzene rings is 1. The molecule has 0 saturated carbocycles. The second-order valence-electron chi connectivity index (χ2n) is 6.67. The van der Waals surface area contributed by atoms with Crippen LogP contribution < -0.4 is 10.0 Å². The quantitative estimate of drug-likeness (QED) is 0.549. The number of nitro groups is 1. The highest BCUT2D eigenvalue weighted by Crippen LogP contribution is 2.21. The fourth-order valence-corrected chi connectivity index (χ4v) is 4.48. The van der Waals surface area contributed by atoms with Crippen molar-refractivity contribution in [3.63, 3.8) is 0 Å². The van der Waals surface area contributed by atoms with Crippen LogP contribution in [0, 0.1) is 10.1 Å². The van der Waals surface area contributed by atoms with Crippen LogP contribution in [0.15, 0.2) is 29.2 Å². The molecule has 2 saturated heterocycles. The molecule has 0 aliphatic carbocycles. The molecule has 1 aromatic rings. The highest BCUT2D eigenvalue weighted by atomic mass is 32.2. The molecule has 2 bridgehead atoms. The van der Waals surface area contributed by atoms with Crippen LogP contribution in [0.4, 0.5) is 5.69 Å². The number of carbonyl (C=O) groups excluding carboxylic acids is 1. The summed E-state index contributed by atoms with van der Waals surface area (Å²) in [7, 11) is -3.80. The van der Waals surface area contributed by atoms with E-state index in [1.165, 1.54) is 12.1 Å². The number of hydrogen-bond acceptors (Lipinski definition) is 6. The Kier molecular flexibility index (Phi) is 5.54. The average molecular weight is 382 g/mol. The summed E-state index contributed by atoms with van der Waals surface area (Å²) in [6.45, 7) is 1.36. The van der Waals surface area contributed by atoms with Crippen LogP contribution in [0.5, 0.6) is 0 Å². The number of rotatable bonds is 6. The molecule has 9 nitrogen and oxygen atoms in total. The number of likely N-dealkylation sites (tertiary alicyclic amines) is 1. The number of sulfonamides is 1. The lowest BCUT2D eigenvalue weighted by atomic mass is 10.1. The SMILES string of the molecule is O=C(CCNS(=O)(=O)c1ccc([N+](=O)[O-])cc1)N1CCC2CCC(C1)N2. The van der Waals surface area contributed by atoms with Gasteiger partial charge in [0.05, 0.1) is 9.82 Å². The summed E-state index contributed by atoms with van der Waals surface area (Å²) in [6, 6.07) is 5.46. The minimum atomic E-state index is -3.80. The smallest absolute Gasteiger partial charge is 0.269 e. The van der Waals surface area contributed by atoms with Crippen molar-refractivity contribution in [1.29, 1.82) is 0 Å². The van der Waals surface area contributed by atoms with Crippen LogP contribution >= 0.6 is 0 Å². The van der Waals surface area contributed by atoms with Gasteiger partial charge in [0.1, 0.15) is 0 Å². The normalized spacial score (nSPS) is 22.8. The number of nitrogens with one attached hydrogen (secondary N) is 2. The Hall–Kier alpha value is -2.04. The zero-order valence-electron chi connectivity index (χ0n) is 14.3. The Morgan fingerprint density at radius 3 is 2.62 bits per heavy atom. The largest absolute Gasteiger partial charge is 0.341 e. The third-order valence-corrected chi connectivity index (χ3v) is 6.34. The molecule has 1 amide bonds. The van der Waals surface area contributed by atoms with E-state index in [-0.39, 0.29) is 29.5 Å². The van der Waals surface area contributed by atoms with Crippen molar-refractivity contribution in [3.8, 4) is 0 Å². The van der Waals surface area contributed by atoms with E-state index in [0.717, 1.165) is 31.4 Å². The lowest BCUT2D eigenvalue weighted by Gasteiger charge is -2.24. The lowest BCUT2D eigenvalue weighted by molar-refractivity contribution is -0.384. The Morgan fingerprint density at radius 2 is 1.92 bits per heavy atom. The van der Waals surface area contributed by atoms with Gasteiger partial charge in [0.2, 0.25) is 15.9 Å². The standard InChI is InChI=1S/C16H22N4O5S/c21-16(19-10-8-12-1-2-13(11-19)18-12)7-9-17-26(24,25)15-5-3-14(4-6-15)20(22)23/h3-6,12-13,17-18H,1-2,7-11H2. The first-order valence-corrected chi connectivity index (χ1v) is 10.1. The lowest BCUT2D eigenvalue weighted by Crippen LogP contribution is -2.40. The van der Waals surface area contributed by atoms with E-state index >= 15 is 0 Å². The molecule has 2 aliphatic heterocycles. The zero-order chi connectivity index (χ0) is 18.7. The van der Waals surface area contributed by atoms with Gasteiger partial charge in [-0.05, 0) is 31.4 Å². The number of amides is 1. The second kappa shape index (κ2) is 7.68. The topological polar surface area (TPSA) is 122 Å². The molecule has 26 heavy (non-hydrogen) atoms. The maximum absolute atomic E-state index is 12.4. The maximum atomic E-state index is 12.4. The van der Waals surface area contributed by atoms with Crippen molar-refractivity contribution in [2.24, 2.45) is 0 Å². The summed E-state index contributed by atoms with van der Waals surface area (Å²) in [4.78, 5) is 24.1. The van der Waals surface area contributed by atoms with E-state index in [4.69, 9.17) is 0 Å². The fraction of sp³-hybridized carbons (Fsp3) is 0.562. The predicted molar refractivity (Wildman–Crippen MR) is 94.0 cm³/mol. The van der Waals surface area contributed by atoms with E-state index in [2.05, 4.69) is 10.0 Å². The van der Waals surface area contributed by atoms with E-state index in [1.807, 2.05) is 0 Å². The number of fused-ring (bicyclic) bond motifs is 2. The number of nitro benzene ring substituents is 1. The fourth-order valence-electron chi connectivity index (χ4n) is 3.45. The first-order chi connectivity index (χ1) is 12.3. The van der Waals surface area contributed by atoms with E-state index in [0.29, 0.717) is 25.2 Å². The molecule has 0 radical (unpaired) electrons. The minimum absolute atomic E-state index is 0.00379. The van der Waals surface area contributed by atoms with Crippen molar-refractivity contribution < 1.29 is 18.1 Å². The second-order valence-corrected chi connectivity index (χ2v) is 8.43. The number of hydrogen-bond donors (Lipinski definition) is 2. The van der Waals surface area contributed by atoms with Gasteiger partial charge in [-0.25, -0.2) is 13.1 Å². The van der Waals surface area contributed by atoms with E-state index < -0.39 is 14.9 Å². The molecule has 2 fully saturated rings. The molecule has 2 N–H and O–H groups in total. The average Bonchev–Trinajstić information content (AvgIpc) is 2.93. The Labute approximate surface area is 152 Å². The van der Waals surface area contributed by atoms with Crippen molar-refractivity contribution >= 4 is 21.6 Å². The summed E-state index contributed by atoms with van der Waals surface area (Å²) in [5.41, 5.74) is -0.178. The van der Waals surface area contributed by atoms with Gasteiger partial charge in [0.25, 0.3) is 5.69 Å². The third kappa shape index (κ3) is 4.37. The van der Waals surface area contributed by atoms with E-state index in [1.54, 1.807) is 4.90 Å². The van der Waals surface area contributed by atoms with Gasteiger partial charge in [-0.15, -0.1) is 0 Å². The maximum Gasteiger partial charge on any atom is 0.269 e. The molecule has 1 aromatic carbocycles. The number of carbonyl (C=O) groups is 1. The highest BCUT2D eigenvalue weighted by Gasteiger charge is 2.31. The zero-order valence-corrected chi connectivity index (χ0v) is 15.1. The summed E-state index contributed by atoms with van der Waals surface area (Å²) in [5.74, 6) is -0.0641. The van der Waals surface area contributed by atoms with Gasteiger partial charge in [0, 0.05) is 50.3 Å². The molecule has 142 valence electrons.